The summed E-state index contributed by atoms with van der Waals surface area (Å²) >= 11 is 0. The van der Waals surface area contributed by atoms with Gasteiger partial charge in [0.05, 0.1) is 5.52 Å². The van der Waals surface area contributed by atoms with E-state index in [2.05, 4.69) is 49.6 Å². The number of benzene rings is 1. The lowest BCUT2D eigenvalue weighted by Gasteiger charge is -2.33. The highest BCUT2D eigenvalue weighted by Gasteiger charge is 2.39. The monoisotopic (exact) mass is 283 g/mol. The van der Waals surface area contributed by atoms with Crippen molar-refractivity contribution in [3.05, 3.63) is 42.1 Å². The maximum absolute atomic E-state index is 5.86. The number of rotatable bonds is 4. The van der Waals surface area contributed by atoms with Crippen LogP contribution in [0, 0.1) is 11.3 Å². The summed E-state index contributed by atoms with van der Waals surface area (Å²) in [6.45, 7) is 4.73. The highest BCUT2D eigenvalue weighted by molar-refractivity contribution is 5.78. The molecule has 112 valence electrons. The first-order valence-corrected chi connectivity index (χ1v) is 7.91. The van der Waals surface area contributed by atoms with Crippen LogP contribution in [0.5, 0.6) is 0 Å². The predicted molar refractivity (Wildman–Crippen MR) is 87.7 cm³/mol. The molecule has 1 aliphatic rings. The van der Waals surface area contributed by atoms with Crippen molar-refractivity contribution in [2.45, 2.75) is 45.6 Å². The third-order valence-electron chi connectivity index (χ3n) is 5.12. The summed E-state index contributed by atoms with van der Waals surface area (Å²) in [6.07, 6.45) is 4.76. The van der Waals surface area contributed by atoms with E-state index in [1.54, 1.807) is 0 Å². The van der Waals surface area contributed by atoms with Crippen molar-refractivity contribution in [3.8, 4) is 0 Å². The third kappa shape index (κ3) is 2.94. The fourth-order valence-corrected chi connectivity index (χ4v) is 3.86. The smallest absolute Gasteiger partial charge is 0.0705 e. The van der Waals surface area contributed by atoms with Crippen molar-refractivity contribution in [2.75, 3.05) is 0 Å². The molecule has 3 rings (SSSR count). The Bertz CT molecular complexity index is 621. The largest absolute Gasteiger partial charge is 0.271 e. The van der Waals surface area contributed by atoms with E-state index < -0.39 is 0 Å². The number of aromatic nitrogens is 1. The first-order valence-electron chi connectivity index (χ1n) is 7.91. The lowest BCUT2D eigenvalue weighted by Crippen LogP contribution is -2.46. The van der Waals surface area contributed by atoms with E-state index >= 15 is 0 Å². The third-order valence-corrected chi connectivity index (χ3v) is 5.12. The van der Waals surface area contributed by atoms with Gasteiger partial charge >= 0.3 is 0 Å². The van der Waals surface area contributed by atoms with Gasteiger partial charge < -0.3 is 0 Å². The van der Waals surface area contributed by atoms with Gasteiger partial charge in [-0.2, -0.15) is 0 Å². The molecule has 0 amide bonds. The lowest BCUT2D eigenvalue weighted by molar-refractivity contribution is 0.195. The molecule has 1 aromatic carbocycles. The van der Waals surface area contributed by atoms with E-state index in [1.807, 2.05) is 6.07 Å². The van der Waals surface area contributed by atoms with Gasteiger partial charge in [0, 0.05) is 23.5 Å². The molecule has 1 saturated carbocycles. The topological polar surface area (TPSA) is 50.9 Å². The number of fused-ring (bicyclic) bond motifs is 1. The average Bonchev–Trinajstić information content (AvgIpc) is 2.84. The summed E-state index contributed by atoms with van der Waals surface area (Å²) in [4.78, 5) is 4.79. The van der Waals surface area contributed by atoms with Gasteiger partial charge in [0.15, 0.2) is 0 Å². The minimum Gasteiger partial charge on any atom is -0.271 e. The van der Waals surface area contributed by atoms with E-state index in [9.17, 15) is 0 Å². The van der Waals surface area contributed by atoms with E-state index in [0.717, 1.165) is 17.6 Å². The molecule has 2 aromatic rings. The van der Waals surface area contributed by atoms with Gasteiger partial charge in [0.25, 0.3) is 0 Å². The second kappa shape index (κ2) is 5.74. The van der Waals surface area contributed by atoms with Crippen LogP contribution in [-0.2, 0) is 6.42 Å². The van der Waals surface area contributed by atoms with E-state index in [-0.39, 0.29) is 0 Å². The van der Waals surface area contributed by atoms with Crippen LogP contribution in [0.1, 0.15) is 38.8 Å². The molecule has 1 fully saturated rings. The molecule has 3 heteroatoms. The van der Waals surface area contributed by atoms with Crippen LogP contribution in [0.25, 0.3) is 10.9 Å². The first kappa shape index (κ1) is 14.5. The number of hydrazine groups is 1. The summed E-state index contributed by atoms with van der Waals surface area (Å²) < 4.78 is 0. The van der Waals surface area contributed by atoms with E-state index in [4.69, 9.17) is 10.8 Å². The van der Waals surface area contributed by atoms with Crippen molar-refractivity contribution in [1.82, 2.24) is 10.4 Å². The van der Waals surface area contributed by atoms with Crippen molar-refractivity contribution < 1.29 is 0 Å². The molecule has 1 aromatic heterocycles. The minimum atomic E-state index is 0.302. The Morgan fingerprint density at radius 3 is 2.81 bits per heavy atom. The van der Waals surface area contributed by atoms with Crippen molar-refractivity contribution in [2.24, 2.45) is 17.2 Å². The van der Waals surface area contributed by atoms with Crippen molar-refractivity contribution >= 4 is 10.9 Å². The van der Waals surface area contributed by atoms with Gasteiger partial charge in [0.2, 0.25) is 0 Å². The average molecular weight is 283 g/mol. The number of hydrogen-bond donors (Lipinski definition) is 2. The lowest BCUT2D eigenvalue weighted by atomic mass is 9.76. The van der Waals surface area contributed by atoms with E-state index in [0.29, 0.717) is 17.4 Å². The van der Waals surface area contributed by atoms with Crippen LogP contribution in [0.3, 0.4) is 0 Å². The summed E-state index contributed by atoms with van der Waals surface area (Å²) in [5.74, 6) is 6.48. The molecule has 1 aliphatic carbocycles. The Morgan fingerprint density at radius 1 is 1.29 bits per heavy atom. The zero-order chi connectivity index (χ0) is 14.9. The number of nitrogens with one attached hydrogen (secondary N) is 1. The number of hydrogen-bond acceptors (Lipinski definition) is 3. The van der Waals surface area contributed by atoms with Crippen molar-refractivity contribution in [3.63, 3.8) is 0 Å². The first-order chi connectivity index (χ1) is 10.1. The zero-order valence-electron chi connectivity index (χ0n) is 13.0. The van der Waals surface area contributed by atoms with Crippen LogP contribution in [-0.4, -0.2) is 11.0 Å². The van der Waals surface area contributed by atoms with Gasteiger partial charge in [-0.1, -0.05) is 44.5 Å². The molecule has 2 atom stereocenters. The molecular weight excluding hydrogens is 258 g/mol. The number of nitrogens with two attached hydrogens (primary N) is 1. The van der Waals surface area contributed by atoms with Gasteiger partial charge in [-0.15, -0.1) is 0 Å². The maximum Gasteiger partial charge on any atom is 0.0705 e. The SMILES string of the molecule is CC1(C)CCCC1C(Cc1ccc2ccccc2n1)NN. The van der Waals surface area contributed by atoms with E-state index in [1.165, 1.54) is 24.6 Å². The Hall–Kier alpha value is -1.45. The molecule has 0 saturated heterocycles. The highest BCUT2D eigenvalue weighted by atomic mass is 15.2. The number of para-hydroxylation sites is 1. The summed E-state index contributed by atoms with van der Waals surface area (Å²) in [5.41, 5.74) is 5.62. The Morgan fingerprint density at radius 2 is 2.10 bits per heavy atom. The minimum absolute atomic E-state index is 0.302. The molecule has 2 unspecified atom stereocenters. The molecular formula is C18H25N3. The Labute approximate surface area is 126 Å². The Balaban J connectivity index is 1.82. The van der Waals surface area contributed by atoms with Crippen LogP contribution >= 0.6 is 0 Å². The fourth-order valence-electron chi connectivity index (χ4n) is 3.86. The molecule has 0 spiro atoms. The molecule has 0 radical (unpaired) electrons. The number of pyridine rings is 1. The molecule has 3 N–H and O–H groups in total. The molecule has 1 heterocycles. The fraction of sp³-hybridized carbons (Fsp3) is 0.500. The number of nitrogens with zero attached hydrogens (tertiary/aromatic N) is 1. The molecule has 0 bridgehead atoms. The van der Waals surface area contributed by atoms with Crippen LogP contribution in [0.2, 0.25) is 0 Å². The predicted octanol–water partition coefficient (Wildman–Crippen LogP) is 3.44. The summed E-state index contributed by atoms with van der Waals surface area (Å²) in [6, 6.07) is 12.9. The maximum atomic E-state index is 5.86. The van der Waals surface area contributed by atoms with Gasteiger partial charge in [-0.25, -0.2) is 0 Å². The normalized spacial score (nSPS) is 22.5. The molecule has 21 heavy (non-hydrogen) atoms. The zero-order valence-corrected chi connectivity index (χ0v) is 13.0. The molecule has 3 nitrogen and oxygen atoms in total. The van der Waals surface area contributed by atoms with Crippen LogP contribution in [0.4, 0.5) is 0 Å². The van der Waals surface area contributed by atoms with Gasteiger partial charge in [-0.05, 0) is 36.3 Å². The van der Waals surface area contributed by atoms with Crippen molar-refractivity contribution in [1.29, 1.82) is 0 Å². The summed E-state index contributed by atoms with van der Waals surface area (Å²) in [7, 11) is 0. The second-order valence-electron chi connectivity index (χ2n) is 6.96. The second-order valence-corrected chi connectivity index (χ2v) is 6.96. The Kier molecular flexibility index (Phi) is 3.96. The highest BCUT2D eigenvalue weighted by Crippen LogP contribution is 2.44. The quantitative estimate of drug-likeness (QED) is 0.667. The molecule has 0 aliphatic heterocycles. The standard InChI is InChI=1S/C18H25N3/c1-18(2)11-5-7-15(18)17(21-19)12-14-10-9-13-6-3-4-8-16(13)20-14/h3-4,6,8-10,15,17,21H,5,7,11-12,19H2,1-2H3. The van der Waals surface area contributed by atoms with Gasteiger partial charge in [0.1, 0.15) is 0 Å². The van der Waals surface area contributed by atoms with Crippen LogP contribution < -0.4 is 11.3 Å². The van der Waals surface area contributed by atoms with Gasteiger partial charge in [-0.3, -0.25) is 16.3 Å². The van der Waals surface area contributed by atoms with Crippen LogP contribution in [0.15, 0.2) is 36.4 Å². The summed E-state index contributed by atoms with van der Waals surface area (Å²) in [5, 5.41) is 1.19.